The van der Waals surface area contributed by atoms with E-state index >= 15 is 0 Å². The maximum atomic E-state index is 11.3. The zero-order chi connectivity index (χ0) is 8.55. The first-order valence-electron chi connectivity index (χ1n) is 3.98. The van der Waals surface area contributed by atoms with E-state index < -0.39 is 0 Å². The van der Waals surface area contributed by atoms with Gasteiger partial charge < -0.3 is 4.79 Å². The summed E-state index contributed by atoms with van der Waals surface area (Å²) in [7, 11) is 0. The largest absolute Gasteiger partial charge is 0.303 e. The number of rotatable bonds is 1. The van der Waals surface area contributed by atoms with Gasteiger partial charge in [-0.15, -0.1) is 0 Å². The molecule has 1 atom stereocenters. The number of aromatic nitrogens is 1. The second kappa shape index (κ2) is 2.59. The van der Waals surface area contributed by atoms with Crippen molar-refractivity contribution in [3.8, 4) is 0 Å². The zero-order valence-electron chi connectivity index (χ0n) is 6.56. The molecule has 1 aromatic rings. The van der Waals surface area contributed by atoms with Crippen LogP contribution >= 0.6 is 0 Å². The number of carbonyl (C=O) groups is 2. The topological polar surface area (TPSA) is 39.1 Å². The average molecular weight is 163 g/mol. The number of carbonyl (C=O) groups excluding carboxylic acids is 2. The summed E-state index contributed by atoms with van der Waals surface area (Å²) in [6, 6.07) is 3.63. The number of fused-ring (bicyclic) bond motifs is 1. The lowest BCUT2D eigenvalue weighted by molar-refractivity contribution is -0.109. The zero-order valence-corrected chi connectivity index (χ0v) is 6.56. The number of hydrogen-bond donors (Lipinski definition) is 0. The minimum atomic E-state index is -0.0855. The smallest absolute Gasteiger partial charge is 0.230 e. The summed E-state index contributed by atoms with van der Waals surface area (Å²) in [5.41, 5.74) is 0.834. The van der Waals surface area contributed by atoms with Crippen LogP contribution in [-0.2, 0) is 4.79 Å². The van der Waals surface area contributed by atoms with E-state index in [0.29, 0.717) is 12.8 Å². The van der Waals surface area contributed by atoms with E-state index in [1.807, 2.05) is 6.07 Å². The SMILES string of the molecule is O=CC1CCC(=O)n2cccc21. The molecule has 0 fully saturated rings. The van der Waals surface area contributed by atoms with Gasteiger partial charge in [0.1, 0.15) is 6.29 Å². The molecule has 1 aliphatic heterocycles. The normalized spacial score (nSPS) is 22.0. The van der Waals surface area contributed by atoms with Crippen molar-refractivity contribution in [3.63, 3.8) is 0 Å². The van der Waals surface area contributed by atoms with Gasteiger partial charge in [-0.1, -0.05) is 0 Å². The summed E-state index contributed by atoms with van der Waals surface area (Å²) in [6.07, 6.45) is 3.77. The van der Waals surface area contributed by atoms with Crippen molar-refractivity contribution in [1.82, 2.24) is 4.57 Å². The first kappa shape index (κ1) is 7.28. The third kappa shape index (κ3) is 0.897. The molecular formula is C9H9NO2. The van der Waals surface area contributed by atoms with Gasteiger partial charge in [-0.25, -0.2) is 0 Å². The highest BCUT2D eigenvalue weighted by molar-refractivity contribution is 5.83. The van der Waals surface area contributed by atoms with E-state index in [9.17, 15) is 9.59 Å². The van der Waals surface area contributed by atoms with Gasteiger partial charge in [0.05, 0.1) is 5.92 Å². The van der Waals surface area contributed by atoms with Gasteiger partial charge in [-0.3, -0.25) is 9.36 Å². The fourth-order valence-corrected chi connectivity index (χ4v) is 1.61. The number of nitrogens with zero attached hydrogens (tertiary/aromatic N) is 1. The lowest BCUT2D eigenvalue weighted by Crippen LogP contribution is -2.22. The highest BCUT2D eigenvalue weighted by Crippen LogP contribution is 2.25. The first-order valence-corrected chi connectivity index (χ1v) is 3.98. The Kier molecular flexibility index (Phi) is 1.57. The van der Waals surface area contributed by atoms with E-state index in [0.717, 1.165) is 12.0 Å². The second-order valence-electron chi connectivity index (χ2n) is 2.98. The van der Waals surface area contributed by atoms with Crippen LogP contribution in [0.2, 0.25) is 0 Å². The van der Waals surface area contributed by atoms with Crippen LogP contribution in [0.3, 0.4) is 0 Å². The van der Waals surface area contributed by atoms with E-state index in [1.165, 1.54) is 0 Å². The Labute approximate surface area is 70.0 Å². The van der Waals surface area contributed by atoms with Gasteiger partial charge in [-0.2, -0.15) is 0 Å². The van der Waals surface area contributed by atoms with Crippen LogP contribution in [0.15, 0.2) is 18.3 Å². The molecule has 0 saturated carbocycles. The predicted octanol–water partition coefficient (Wildman–Crippen LogP) is 1.20. The number of aldehydes is 1. The second-order valence-corrected chi connectivity index (χ2v) is 2.98. The molecule has 0 radical (unpaired) electrons. The van der Waals surface area contributed by atoms with Gasteiger partial charge in [0, 0.05) is 18.3 Å². The van der Waals surface area contributed by atoms with Crippen LogP contribution < -0.4 is 0 Å². The van der Waals surface area contributed by atoms with Gasteiger partial charge in [0.25, 0.3) is 0 Å². The molecule has 1 aliphatic rings. The molecule has 1 aromatic heterocycles. The molecule has 3 heteroatoms. The van der Waals surface area contributed by atoms with Crippen LogP contribution in [0.1, 0.15) is 29.2 Å². The van der Waals surface area contributed by atoms with Crippen molar-refractivity contribution in [2.75, 3.05) is 0 Å². The third-order valence-electron chi connectivity index (χ3n) is 2.26. The molecule has 2 heterocycles. The van der Waals surface area contributed by atoms with Crippen molar-refractivity contribution in [1.29, 1.82) is 0 Å². The van der Waals surface area contributed by atoms with Crippen molar-refractivity contribution in [2.24, 2.45) is 0 Å². The fourth-order valence-electron chi connectivity index (χ4n) is 1.61. The van der Waals surface area contributed by atoms with E-state index in [4.69, 9.17) is 0 Å². The lowest BCUT2D eigenvalue weighted by Gasteiger charge is -2.18. The van der Waals surface area contributed by atoms with E-state index in [1.54, 1.807) is 16.8 Å². The highest BCUT2D eigenvalue weighted by atomic mass is 16.2. The molecule has 0 amide bonds. The summed E-state index contributed by atoms with van der Waals surface area (Å²) < 4.78 is 1.57. The Bertz CT molecular complexity index is 327. The Balaban J connectivity index is 2.48. The standard InChI is InChI=1S/C9H9NO2/c11-6-7-3-4-9(12)10-5-1-2-8(7)10/h1-2,5-7H,3-4H2. The van der Waals surface area contributed by atoms with Gasteiger partial charge >= 0.3 is 0 Å². The monoisotopic (exact) mass is 163 g/mol. The van der Waals surface area contributed by atoms with Crippen LogP contribution in [0.25, 0.3) is 0 Å². The van der Waals surface area contributed by atoms with Crippen LogP contribution in [-0.4, -0.2) is 16.8 Å². The maximum absolute atomic E-state index is 11.3. The molecule has 3 nitrogen and oxygen atoms in total. The molecule has 0 N–H and O–H groups in total. The van der Waals surface area contributed by atoms with Crippen molar-refractivity contribution >= 4 is 12.2 Å². The summed E-state index contributed by atoms with van der Waals surface area (Å²) in [5, 5.41) is 0. The Hall–Kier alpha value is -1.38. The molecular weight excluding hydrogens is 154 g/mol. The Morgan fingerprint density at radius 3 is 3.17 bits per heavy atom. The van der Waals surface area contributed by atoms with Crippen LogP contribution in [0, 0.1) is 0 Å². The van der Waals surface area contributed by atoms with Gasteiger partial charge in [-0.05, 0) is 18.6 Å². The van der Waals surface area contributed by atoms with Crippen molar-refractivity contribution in [3.05, 3.63) is 24.0 Å². The molecule has 0 bridgehead atoms. The molecule has 12 heavy (non-hydrogen) atoms. The highest BCUT2D eigenvalue weighted by Gasteiger charge is 2.23. The molecule has 62 valence electrons. The Morgan fingerprint density at radius 2 is 2.42 bits per heavy atom. The summed E-state index contributed by atoms with van der Waals surface area (Å²) in [5.74, 6) is 0.00537. The molecule has 0 saturated heterocycles. The lowest BCUT2D eigenvalue weighted by atomic mass is 9.97. The molecule has 0 spiro atoms. The molecule has 2 rings (SSSR count). The summed E-state index contributed by atoms with van der Waals surface area (Å²) >= 11 is 0. The van der Waals surface area contributed by atoms with Crippen molar-refractivity contribution in [2.45, 2.75) is 18.8 Å². The van der Waals surface area contributed by atoms with Gasteiger partial charge in [0.15, 0.2) is 0 Å². The van der Waals surface area contributed by atoms with Gasteiger partial charge in [0.2, 0.25) is 5.91 Å². The number of hydrogen-bond acceptors (Lipinski definition) is 2. The van der Waals surface area contributed by atoms with Crippen molar-refractivity contribution < 1.29 is 9.59 Å². The minimum Gasteiger partial charge on any atom is -0.303 e. The predicted molar refractivity (Wildman–Crippen MR) is 43.1 cm³/mol. The summed E-state index contributed by atoms with van der Waals surface area (Å²) in [4.78, 5) is 21.9. The Morgan fingerprint density at radius 1 is 1.58 bits per heavy atom. The minimum absolute atomic E-state index is 0.0855. The van der Waals surface area contributed by atoms with Crippen LogP contribution in [0.4, 0.5) is 0 Å². The quantitative estimate of drug-likeness (QED) is 0.583. The third-order valence-corrected chi connectivity index (χ3v) is 2.26. The molecule has 0 aliphatic carbocycles. The first-order chi connectivity index (χ1) is 5.83. The van der Waals surface area contributed by atoms with E-state index in [2.05, 4.69) is 0 Å². The summed E-state index contributed by atoms with van der Waals surface area (Å²) in [6.45, 7) is 0. The fraction of sp³-hybridized carbons (Fsp3) is 0.333. The molecule has 1 unspecified atom stereocenters. The van der Waals surface area contributed by atoms with Crippen LogP contribution in [0.5, 0.6) is 0 Å². The maximum Gasteiger partial charge on any atom is 0.230 e. The van der Waals surface area contributed by atoms with E-state index in [-0.39, 0.29) is 11.8 Å². The molecule has 0 aromatic carbocycles. The average Bonchev–Trinajstić information content (AvgIpc) is 2.54.